The fraction of sp³-hybridized carbons (Fsp3) is 0.263. The number of hydrazone groups is 1. The van der Waals surface area contributed by atoms with E-state index in [1.807, 2.05) is 12.1 Å². The van der Waals surface area contributed by atoms with Gasteiger partial charge in [0, 0.05) is 11.6 Å². The zero-order valence-electron chi connectivity index (χ0n) is 15.8. The van der Waals surface area contributed by atoms with Crippen molar-refractivity contribution in [1.29, 1.82) is 0 Å². The first-order chi connectivity index (χ1) is 14.2. The third-order valence-electron chi connectivity index (χ3n) is 4.54. The lowest BCUT2D eigenvalue weighted by molar-refractivity contribution is -0.124. The third kappa shape index (κ3) is 5.26. The molecule has 1 atom stereocenters. The van der Waals surface area contributed by atoms with Crippen LogP contribution in [0, 0.1) is 7.14 Å². The maximum atomic E-state index is 12.9. The molecule has 1 heterocycles. The van der Waals surface area contributed by atoms with Gasteiger partial charge in [-0.05, 0) is 100.0 Å². The van der Waals surface area contributed by atoms with Crippen LogP contribution in [0.5, 0.6) is 5.75 Å². The smallest absolute Gasteiger partial charge is 0.258 e. The molecule has 1 saturated heterocycles. The summed E-state index contributed by atoms with van der Waals surface area (Å²) in [6.07, 6.45) is 2.56. The fourth-order valence-electron chi connectivity index (χ4n) is 3.13. The van der Waals surface area contributed by atoms with Crippen LogP contribution in [0.3, 0.4) is 0 Å². The van der Waals surface area contributed by atoms with Crippen LogP contribution in [0.2, 0.25) is 5.02 Å². The standard InChI is InChI=1S/C19H18ClI2N3O4S/c1-29-18-15(21)9-12(10-16(18)22)11-23-24-19(26)17-3-2-8-25(17)30(27,28)14-6-4-13(20)5-7-14/h4-7,9-11,17H,2-3,8H2,1H3,(H,24,26)/b23-11-/t17-/m1/s1. The van der Waals surface area contributed by atoms with Crippen LogP contribution in [0.25, 0.3) is 0 Å². The molecule has 0 bridgehead atoms. The molecule has 1 N–H and O–H groups in total. The van der Waals surface area contributed by atoms with Crippen molar-refractivity contribution in [2.45, 2.75) is 23.8 Å². The first-order valence-electron chi connectivity index (χ1n) is 8.87. The summed E-state index contributed by atoms with van der Waals surface area (Å²) >= 11 is 10.2. The third-order valence-corrected chi connectivity index (χ3v) is 8.32. The lowest BCUT2D eigenvalue weighted by Gasteiger charge is -2.22. The van der Waals surface area contributed by atoms with Gasteiger partial charge >= 0.3 is 0 Å². The average molecular weight is 674 g/mol. The van der Waals surface area contributed by atoms with Crippen LogP contribution in [0.15, 0.2) is 46.4 Å². The Morgan fingerprint density at radius 1 is 1.27 bits per heavy atom. The molecule has 3 rings (SSSR count). The van der Waals surface area contributed by atoms with Gasteiger partial charge in [0.2, 0.25) is 10.0 Å². The molecule has 0 radical (unpaired) electrons. The van der Waals surface area contributed by atoms with Crippen molar-refractivity contribution in [3.63, 3.8) is 0 Å². The first-order valence-corrected chi connectivity index (χ1v) is 12.8. The molecular formula is C19H18ClI2N3O4S. The van der Waals surface area contributed by atoms with Gasteiger partial charge in [-0.1, -0.05) is 11.6 Å². The Morgan fingerprint density at radius 3 is 2.50 bits per heavy atom. The van der Waals surface area contributed by atoms with E-state index in [2.05, 4.69) is 55.7 Å². The predicted octanol–water partition coefficient (Wildman–Crippen LogP) is 3.86. The number of carbonyl (C=O) groups is 1. The molecule has 1 amide bonds. The Labute approximate surface area is 207 Å². The van der Waals surface area contributed by atoms with Crippen molar-refractivity contribution in [3.8, 4) is 5.75 Å². The van der Waals surface area contributed by atoms with E-state index < -0.39 is 22.0 Å². The molecule has 1 aliphatic heterocycles. The summed E-state index contributed by atoms with van der Waals surface area (Å²) in [5, 5.41) is 4.46. The Bertz CT molecular complexity index is 1050. The highest BCUT2D eigenvalue weighted by Crippen LogP contribution is 2.28. The topological polar surface area (TPSA) is 88.1 Å². The Kier molecular flexibility index (Phi) is 7.98. The van der Waals surface area contributed by atoms with Crippen molar-refractivity contribution in [3.05, 3.63) is 54.1 Å². The van der Waals surface area contributed by atoms with Gasteiger partial charge in [-0.15, -0.1) is 0 Å². The van der Waals surface area contributed by atoms with E-state index in [4.69, 9.17) is 16.3 Å². The molecule has 1 fully saturated rings. The molecule has 30 heavy (non-hydrogen) atoms. The molecule has 2 aromatic carbocycles. The second-order valence-electron chi connectivity index (χ2n) is 6.48. The van der Waals surface area contributed by atoms with E-state index >= 15 is 0 Å². The average Bonchev–Trinajstić information content (AvgIpc) is 3.19. The number of nitrogens with zero attached hydrogens (tertiary/aromatic N) is 2. The summed E-state index contributed by atoms with van der Waals surface area (Å²) in [6.45, 7) is 0.279. The van der Waals surface area contributed by atoms with Crippen LogP contribution >= 0.6 is 56.8 Å². The molecule has 0 aromatic heterocycles. The van der Waals surface area contributed by atoms with Crippen LogP contribution in [0.4, 0.5) is 0 Å². The van der Waals surface area contributed by atoms with Crippen molar-refractivity contribution in [2.75, 3.05) is 13.7 Å². The van der Waals surface area contributed by atoms with E-state index in [0.29, 0.717) is 17.9 Å². The summed E-state index contributed by atoms with van der Waals surface area (Å²) in [5.41, 5.74) is 3.26. The van der Waals surface area contributed by atoms with Gasteiger partial charge in [0.25, 0.3) is 5.91 Å². The largest absolute Gasteiger partial charge is 0.495 e. The van der Waals surface area contributed by atoms with Crippen LogP contribution < -0.4 is 10.2 Å². The lowest BCUT2D eigenvalue weighted by atomic mass is 10.2. The summed E-state index contributed by atoms with van der Waals surface area (Å²) in [4.78, 5) is 12.7. The monoisotopic (exact) mass is 673 g/mol. The van der Waals surface area contributed by atoms with Crippen LogP contribution in [0.1, 0.15) is 18.4 Å². The number of amides is 1. The number of halogens is 3. The van der Waals surface area contributed by atoms with Gasteiger partial charge in [0.05, 0.1) is 25.4 Å². The van der Waals surface area contributed by atoms with Crippen molar-refractivity contribution < 1.29 is 17.9 Å². The molecule has 1 aliphatic rings. The van der Waals surface area contributed by atoms with Crippen molar-refractivity contribution in [2.24, 2.45) is 5.10 Å². The van der Waals surface area contributed by atoms with Gasteiger partial charge in [-0.2, -0.15) is 9.41 Å². The van der Waals surface area contributed by atoms with Gasteiger partial charge in [-0.3, -0.25) is 4.79 Å². The molecule has 11 heteroatoms. The molecule has 0 unspecified atom stereocenters. The van der Waals surface area contributed by atoms with E-state index in [0.717, 1.165) is 18.5 Å². The number of methoxy groups -OCH3 is 1. The quantitative estimate of drug-likeness (QED) is 0.287. The van der Waals surface area contributed by atoms with Gasteiger partial charge in [0.1, 0.15) is 11.8 Å². The zero-order valence-corrected chi connectivity index (χ0v) is 21.7. The first kappa shape index (κ1) is 23.7. The van der Waals surface area contributed by atoms with E-state index in [-0.39, 0.29) is 11.4 Å². The summed E-state index contributed by atoms with van der Waals surface area (Å²) < 4.78 is 34.3. The number of ether oxygens (including phenoxy) is 1. The van der Waals surface area contributed by atoms with Gasteiger partial charge in [-0.25, -0.2) is 13.8 Å². The molecule has 0 saturated carbocycles. The maximum Gasteiger partial charge on any atom is 0.258 e. The number of rotatable bonds is 6. The number of hydrogen-bond donors (Lipinski definition) is 1. The normalized spacial score (nSPS) is 17.4. The minimum Gasteiger partial charge on any atom is -0.495 e. The zero-order chi connectivity index (χ0) is 21.9. The highest BCUT2D eigenvalue weighted by molar-refractivity contribution is 14.1. The second-order valence-corrected chi connectivity index (χ2v) is 11.1. The Hall–Kier alpha value is -0.960. The Balaban J connectivity index is 1.72. The van der Waals surface area contributed by atoms with Gasteiger partial charge < -0.3 is 4.74 Å². The number of nitrogens with one attached hydrogen (secondary N) is 1. The summed E-state index contributed by atoms with van der Waals surface area (Å²) in [5.74, 6) is 0.325. The lowest BCUT2D eigenvalue weighted by Crippen LogP contribution is -2.44. The minimum absolute atomic E-state index is 0.109. The maximum absolute atomic E-state index is 12.9. The molecule has 0 aliphatic carbocycles. The Morgan fingerprint density at radius 2 is 1.90 bits per heavy atom. The number of benzene rings is 2. The molecule has 2 aromatic rings. The molecular weight excluding hydrogens is 656 g/mol. The van der Waals surface area contributed by atoms with Crippen molar-refractivity contribution >= 4 is 78.9 Å². The predicted molar refractivity (Wildman–Crippen MR) is 133 cm³/mol. The number of hydrogen-bond acceptors (Lipinski definition) is 5. The van der Waals surface area contributed by atoms with E-state index in [9.17, 15) is 13.2 Å². The number of sulfonamides is 1. The van der Waals surface area contributed by atoms with Crippen LogP contribution in [-0.2, 0) is 14.8 Å². The minimum atomic E-state index is -3.80. The molecule has 7 nitrogen and oxygen atoms in total. The van der Waals surface area contributed by atoms with Crippen molar-refractivity contribution in [1.82, 2.24) is 9.73 Å². The SMILES string of the molecule is COc1c(I)cc(/C=N\NC(=O)[C@H]2CCCN2S(=O)(=O)c2ccc(Cl)cc2)cc1I. The van der Waals surface area contributed by atoms with E-state index in [1.54, 1.807) is 7.11 Å². The van der Waals surface area contributed by atoms with Crippen LogP contribution in [-0.4, -0.2) is 44.5 Å². The highest BCUT2D eigenvalue weighted by atomic mass is 127. The molecule has 0 spiro atoms. The summed E-state index contributed by atoms with van der Waals surface area (Å²) in [6, 6.07) is 8.86. The highest BCUT2D eigenvalue weighted by Gasteiger charge is 2.39. The second kappa shape index (κ2) is 10.1. The fourth-order valence-corrected chi connectivity index (χ4v) is 7.16. The van der Waals surface area contributed by atoms with E-state index in [1.165, 1.54) is 34.8 Å². The number of carbonyl (C=O) groups excluding carboxylic acids is 1. The molecule has 160 valence electrons. The summed E-state index contributed by atoms with van der Waals surface area (Å²) in [7, 11) is -2.19. The van der Waals surface area contributed by atoms with Gasteiger partial charge in [0.15, 0.2) is 0 Å².